The highest BCUT2D eigenvalue weighted by Gasteiger charge is 2.33. The van der Waals surface area contributed by atoms with Crippen molar-refractivity contribution in [2.45, 2.75) is 25.9 Å². The number of amides is 1. The summed E-state index contributed by atoms with van der Waals surface area (Å²) in [7, 11) is 0. The quantitative estimate of drug-likeness (QED) is 0.571. The summed E-state index contributed by atoms with van der Waals surface area (Å²) in [6.07, 6.45) is 0.793. The summed E-state index contributed by atoms with van der Waals surface area (Å²) in [5.41, 5.74) is -1.82. The van der Waals surface area contributed by atoms with Crippen LogP contribution in [-0.2, 0) is 9.63 Å². The zero-order valence-corrected chi connectivity index (χ0v) is 6.76. The van der Waals surface area contributed by atoms with Crippen LogP contribution in [0.1, 0.15) is 20.3 Å². The van der Waals surface area contributed by atoms with Gasteiger partial charge in [-0.15, -0.1) is 0 Å². The number of halogens is 1. The lowest BCUT2D eigenvalue weighted by Gasteiger charge is -2.20. The SMILES string of the molecule is CC(C)(F)C(=O)N1CCCO1. The molecule has 64 valence electrons. The highest BCUT2D eigenvalue weighted by molar-refractivity contribution is 5.83. The fourth-order valence-corrected chi connectivity index (χ4v) is 0.904. The summed E-state index contributed by atoms with van der Waals surface area (Å²) < 4.78 is 13.0. The Hall–Kier alpha value is -0.640. The monoisotopic (exact) mass is 161 g/mol. The Morgan fingerprint density at radius 1 is 1.64 bits per heavy atom. The van der Waals surface area contributed by atoms with Crippen molar-refractivity contribution in [3.05, 3.63) is 0 Å². The van der Waals surface area contributed by atoms with E-state index in [9.17, 15) is 9.18 Å². The Labute approximate surface area is 65.1 Å². The van der Waals surface area contributed by atoms with Gasteiger partial charge in [0.15, 0.2) is 5.67 Å². The van der Waals surface area contributed by atoms with Crippen molar-refractivity contribution in [1.82, 2.24) is 5.06 Å². The van der Waals surface area contributed by atoms with Crippen LogP contribution in [0, 0.1) is 0 Å². The second-order valence-electron chi connectivity index (χ2n) is 3.07. The Kier molecular flexibility index (Phi) is 2.13. The van der Waals surface area contributed by atoms with Crippen LogP contribution in [0.25, 0.3) is 0 Å². The van der Waals surface area contributed by atoms with E-state index in [1.165, 1.54) is 13.8 Å². The zero-order valence-electron chi connectivity index (χ0n) is 6.76. The number of hydroxylamine groups is 2. The van der Waals surface area contributed by atoms with Crippen molar-refractivity contribution in [2.75, 3.05) is 13.2 Å². The van der Waals surface area contributed by atoms with Gasteiger partial charge in [-0.3, -0.25) is 9.63 Å². The fraction of sp³-hybridized carbons (Fsp3) is 0.857. The first kappa shape index (κ1) is 8.46. The summed E-state index contributed by atoms with van der Waals surface area (Å²) in [4.78, 5) is 16.0. The van der Waals surface area contributed by atoms with Crippen molar-refractivity contribution in [3.8, 4) is 0 Å². The maximum atomic E-state index is 13.0. The summed E-state index contributed by atoms with van der Waals surface area (Å²) >= 11 is 0. The van der Waals surface area contributed by atoms with Crippen molar-refractivity contribution < 1.29 is 14.0 Å². The van der Waals surface area contributed by atoms with Gasteiger partial charge in [-0.25, -0.2) is 9.45 Å². The molecule has 1 aliphatic heterocycles. The van der Waals surface area contributed by atoms with E-state index in [4.69, 9.17) is 4.84 Å². The summed E-state index contributed by atoms with van der Waals surface area (Å²) in [5, 5.41) is 1.10. The highest BCUT2D eigenvalue weighted by Crippen LogP contribution is 2.16. The maximum Gasteiger partial charge on any atom is 0.283 e. The molecule has 11 heavy (non-hydrogen) atoms. The van der Waals surface area contributed by atoms with E-state index in [1.807, 2.05) is 0 Å². The Morgan fingerprint density at radius 3 is 2.64 bits per heavy atom. The molecular weight excluding hydrogens is 149 g/mol. The Bertz CT molecular complexity index is 158. The van der Waals surface area contributed by atoms with E-state index in [0.717, 1.165) is 11.5 Å². The molecule has 0 bridgehead atoms. The minimum Gasteiger partial charge on any atom is -0.271 e. The van der Waals surface area contributed by atoms with Crippen LogP contribution < -0.4 is 0 Å². The summed E-state index contributed by atoms with van der Waals surface area (Å²) in [5.74, 6) is -0.588. The smallest absolute Gasteiger partial charge is 0.271 e. The third-order valence-corrected chi connectivity index (χ3v) is 1.49. The summed E-state index contributed by atoms with van der Waals surface area (Å²) in [6.45, 7) is 3.49. The van der Waals surface area contributed by atoms with E-state index in [2.05, 4.69) is 0 Å². The van der Waals surface area contributed by atoms with Gasteiger partial charge in [-0.2, -0.15) is 0 Å². The number of hydrogen-bond acceptors (Lipinski definition) is 2. The molecule has 3 nitrogen and oxygen atoms in total. The lowest BCUT2D eigenvalue weighted by atomic mass is 10.1. The van der Waals surface area contributed by atoms with Crippen molar-refractivity contribution in [2.24, 2.45) is 0 Å². The largest absolute Gasteiger partial charge is 0.283 e. The maximum absolute atomic E-state index is 13.0. The molecule has 1 saturated heterocycles. The van der Waals surface area contributed by atoms with E-state index in [-0.39, 0.29) is 0 Å². The van der Waals surface area contributed by atoms with Crippen molar-refractivity contribution in [1.29, 1.82) is 0 Å². The van der Waals surface area contributed by atoms with E-state index in [0.29, 0.717) is 13.2 Å². The molecule has 0 saturated carbocycles. The molecular formula is C7H12FNO2. The van der Waals surface area contributed by atoms with Crippen LogP contribution >= 0.6 is 0 Å². The Morgan fingerprint density at radius 2 is 2.27 bits per heavy atom. The van der Waals surface area contributed by atoms with Gasteiger partial charge in [-0.05, 0) is 20.3 Å². The molecule has 0 radical (unpaired) electrons. The van der Waals surface area contributed by atoms with Gasteiger partial charge in [-0.1, -0.05) is 0 Å². The number of rotatable bonds is 1. The minimum absolute atomic E-state index is 0.506. The molecule has 1 heterocycles. The second kappa shape index (κ2) is 2.77. The molecule has 0 aromatic rings. The number of carbonyl (C=O) groups excluding carboxylic acids is 1. The number of alkyl halides is 1. The molecule has 0 atom stereocenters. The van der Waals surface area contributed by atoms with Crippen LogP contribution in [0.15, 0.2) is 0 Å². The molecule has 4 heteroatoms. The Balaban J connectivity index is 2.53. The predicted molar refractivity (Wildman–Crippen MR) is 37.5 cm³/mol. The molecule has 1 fully saturated rings. The van der Waals surface area contributed by atoms with Gasteiger partial charge in [0.05, 0.1) is 13.2 Å². The van der Waals surface area contributed by atoms with Gasteiger partial charge in [0.1, 0.15) is 0 Å². The van der Waals surface area contributed by atoms with Gasteiger partial charge >= 0.3 is 0 Å². The van der Waals surface area contributed by atoms with Crippen LogP contribution in [0.2, 0.25) is 0 Å². The zero-order chi connectivity index (χ0) is 8.48. The first-order valence-electron chi connectivity index (χ1n) is 3.65. The highest BCUT2D eigenvalue weighted by atomic mass is 19.1. The molecule has 0 aromatic heterocycles. The van der Waals surface area contributed by atoms with Crippen molar-refractivity contribution in [3.63, 3.8) is 0 Å². The molecule has 0 unspecified atom stereocenters. The first-order valence-corrected chi connectivity index (χ1v) is 3.65. The molecule has 0 aromatic carbocycles. The molecule has 1 amide bonds. The second-order valence-corrected chi connectivity index (χ2v) is 3.07. The van der Waals surface area contributed by atoms with Crippen LogP contribution in [0.5, 0.6) is 0 Å². The predicted octanol–water partition coefficient (Wildman–Crippen LogP) is 0.898. The third-order valence-electron chi connectivity index (χ3n) is 1.49. The molecule has 0 N–H and O–H groups in total. The van der Waals surface area contributed by atoms with Crippen LogP contribution in [0.3, 0.4) is 0 Å². The molecule has 1 rings (SSSR count). The molecule has 1 aliphatic rings. The van der Waals surface area contributed by atoms with Gasteiger partial charge < -0.3 is 0 Å². The van der Waals surface area contributed by atoms with Gasteiger partial charge in [0.2, 0.25) is 0 Å². The van der Waals surface area contributed by atoms with Crippen molar-refractivity contribution >= 4 is 5.91 Å². The fourth-order valence-electron chi connectivity index (χ4n) is 0.904. The van der Waals surface area contributed by atoms with E-state index >= 15 is 0 Å². The van der Waals surface area contributed by atoms with Crippen LogP contribution in [-0.4, -0.2) is 29.8 Å². The van der Waals surface area contributed by atoms with E-state index < -0.39 is 11.6 Å². The van der Waals surface area contributed by atoms with E-state index in [1.54, 1.807) is 0 Å². The molecule has 0 spiro atoms. The first-order chi connectivity index (χ1) is 5.02. The number of nitrogens with zero attached hydrogens (tertiary/aromatic N) is 1. The number of carbonyl (C=O) groups is 1. The topological polar surface area (TPSA) is 29.5 Å². The summed E-state index contributed by atoms with van der Waals surface area (Å²) in [6, 6.07) is 0. The van der Waals surface area contributed by atoms with Gasteiger partial charge in [0, 0.05) is 0 Å². The standard InChI is InChI=1S/C7H12FNO2/c1-7(2,8)6(10)9-4-3-5-11-9/h3-5H2,1-2H3. The number of hydrogen-bond donors (Lipinski definition) is 0. The lowest BCUT2D eigenvalue weighted by molar-refractivity contribution is -0.179. The lowest BCUT2D eigenvalue weighted by Crippen LogP contribution is -2.40. The average molecular weight is 161 g/mol. The normalized spacial score (nSPS) is 19.0. The molecule has 0 aliphatic carbocycles. The minimum atomic E-state index is -1.82. The average Bonchev–Trinajstić information content (AvgIpc) is 2.34. The van der Waals surface area contributed by atoms with Crippen LogP contribution in [0.4, 0.5) is 4.39 Å². The third kappa shape index (κ3) is 1.89. The van der Waals surface area contributed by atoms with Gasteiger partial charge in [0.25, 0.3) is 5.91 Å².